The molecule has 0 radical (unpaired) electrons. The molecule has 1 N–H and O–H groups in total. The van der Waals surface area contributed by atoms with Crippen LogP contribution in [0.25, 0.3) is 0 Å². The van der Waals surface area contributed by atoms with Crippen LogP contribution in [0.1, 0.15) is 57.8 Å². The Balaban J connectivity index is 2.21. The van der Waals surface area contributed by atoms with Crippen molar-refractivity contribution in [3.05, 3.63) is 29.3 Å². The highest BCUT2D eigenvalue weighted by Gasteiger charge is 2.29. The number of aliphatic hydroxyl groups excluding tert-OH is 1. The maximum Gasteiger partial charge on any atom is 0.0992 e. The lowest BCUT2D eigenvalue weighted by Gasteiger charge is -2.40. The molecule has 114 valence electrons. The molecule has 1 aliphatic heterocycles. The van der Waals surface area contributed by atoms with Crippen LogP contribution in [0.4, 0.5) is 5.69 Å². The van der Waals surface area contributed by atoms with Gasteiger partial charge in [-0.15, -0.1) is 0 Å². The molecule has 0 bridgehead atoms. The van der Waals surface area contributed by atoms with Crippen molar-refractivity contribution < 1.29 is 5.11 Å². The Bertz CT molecular complexity index is 529. The first-order chi connectivity index (χ1) is 9.82. The van der Waals surface area contributed by atoms with Crippen LogP contribution in [0.3, 0.4) is 0 Å². The molecule has 1 heterocycles. The van der Waals surface area contributed by atoms with E-state index in [0.29, 0.717) is 11.0 Å². The van der Waals surface area contributed by atoms with Gasteiger partial charge < -0.3 is 10.0 Å². The van der Waals surface area contributed by atoms with E-state index in [0.717, 1.165) is 30.3 Å². The van der Waals surface area contributed by atoms with Gasteiger partial charge >= 0.3 is 0 Å². The summed E-state index contributed by atoms with van der Waals surface area (Å²) in [5.41, 5.74) is 2.96. The number of benzene rings is 1. The maximum atomic E-state index is 9.97. The van der Waals surface area contributed by atoms with Crippen LogP contribution < -0.4 is 4.90 Å². The molecule has 1 atom stereocenters. The minimum atomic E-state index is -0.506. The monoisotopic (exact) mass is 286 g/mol. The normalized spacial score (nSPS) is 18.4. The molecule has 1 fully saturated rings. The third kappa shape index (κ3) is 3.57. The summed E-state index contributed by atoms with van der Waals surface area (Å²) >= 11 is 0. The summed E-state index contributed by atoms with van der Waals surface area (Å²) in [6, 6.07) is 7.78. The molecule has 1 aliphatic rings. The van der Waals surface area contributed by atoms with E-state index in [1.165, 1.54) is 12.8 Å². The number of nitriles is 1. The lowest BCUT2D eigenvalue weighted by Crippen LogP contribution is -2.38. The second kappa shape index (κ2) is 6.07. The number of hydrogen-bond acceptors (Lipinski definition) is 3. The van der Waals surface area contributed by atoms with Crippen molar-refractivity contribution in [1.29, 1.82) is 5.26 Å². The molecule has 0 aromatic heterocycles. The average molecular weight is 286 g/mol. The van der Waals surface area contributed by atoms with Crippen LogP contribution >= 0.6 is 0 Å². The van der Waals surface area contributed by atoms with Gasteiger partial charge in [-0.3, -0.25) is 0 Å². The summed E-state index contributed by atoms with van der Waals surface area (Å²) in [6.45, 7) is 10.7. The Morgan fingerprint density at radius 3 is 2.38 bits per heavy atom. The molecule has 0 amide bonds. The van der Waals surface area contributed by atoms with E-state index >= 15 is 0 Å². The van der Waals surface area contributed by atoms with Crippen molar-refractivity contribution >= 4 is 5.69 Å². The van der Waals surface area contributed by atoms with Crippen molar-refractivity contribution in [1.82, 2.24) is 0 Å². The highest BCUT2D eigenvalue weighted by atomic mass is 16.3. The Morgan fingerprint density at radius 2 is 1.90 bits per heavy atom. The number of hydrogen-bond donors (Lipinski definition) is 1. The number of aliphatic hydroxyl groups is 1. The zero-order valence-corrected chi connectivity index (χ0v) is 13.6. The van der Waals surface area contributed by atoms with Gasteiger partial charge in [-0.2, -0.15) is 5.26 Å². The van der Waals surface area contributed by atoms with E-state index in [1.807, 2.05) is 12.1 Å². The molecule has 21 heavy (non-hydrogen) atoms. The Morgan fingerprint density at radius 1 is 1.29 bits per heavy atom. The topological polar surface area (TPSA) is 47.3 Å². The van der Waals surface area contributed by atoms with Crippen LogP contribution in [0, 0.1) is 22.7 Å². The second-order valence-electron chi connectivity index (χ2n) is 7.19. The van der Waals surface area contributed by atoms with E-state index in [2.05, 4.69) is 31.7 Å². The zero-order valence-electron chi connectivity index (χ0n) is 13.6. The second-order valence-corrected chi connectivity index (χ2v) is 7.19. The van der Waals surface area contributed by atoms with E-state index < -0.39 is 6.10 Å². The van der Waals surface area contributed by atoms with Gasteiger partial charge in [0.2, 0.25) is 0 Å². The van der Waals surface area contributed by atoms with Gasteiger partial charge in [0.1, 0.15) is 0 Å². The minimum Gasteiger partial charge on any atom is -0.389 e. The smallest absolute Gasteiger partial charge is 0.0992 e. The van der Waals surface area contributed by atoms with Crippen molar-refractivity contribution in [2.45, 2.75) is 46.6 Å². The van der Waals surface area contributed by atoms with Gasteiger partial charge in [0.25, 0.3) is 0 Å². The van der Waals surface area contributed by atoms with Gasteiger partial charge in [0.05, 0.1) is 17.7 Å². The predicted octanol–water partition coefficient (Wildman–Crippen LogP) is 3.87. The third-order valence-electron chi connectivity index (χ3n) is 4.67. The molecule has 1 saturated heterocycles. The molecule has 0 unspecified atom stereocenters. The number of nitrogens with zero attached hydrogens (tertiary/aromatic N) is 2. The van der Waals surface area contributed by atoms with Crippen molar-refractivity contribution in [3.8, 4) is 6.07 Å². The molecular weight excluding hydrogens is 260 g/mol. The molecule has 1 aromatic carbocycles. The lowest BCUT2D eigenvalue weighted by molar-refractivity contribution is 0.193. The summed E-state index contributed by atoms with van der Waals surface area (Å²) in [5, 5.41) is 19.1. The molecule has 0 saturated carbocycles. The van der Waals surface area contributed by atoms with E-state index in [-0.39, 0.29) is 0 Å². The third-order valence-corrected chi connectivity index (χ3v) is 4.67. The maximum absolute atomic E-state index is 9.97. The van der Waals surface area contributed by atoms with E-state index in [4.69, 9.17) is 5.26 Å². The molecule has 3 heteroatoms. The molecule has 0 aliphatic carbocycles. The first-order valence-electron chi connectivity index (χ1n) is 7.80. The zero-order chi connectivity index (χ0) is 15.6. The lowest BCUT2D eigenvalue weighted by atomic mass is 9.75. The Hall–Kier alpha value is -1.53. The van der Waals surface area contributed by atoms with Crippen molar-refractivity contribution in [2.24, 2.45) is 11.3 Å². The standard InChI is InChI=1S/C18H26N2O/c1-13(21)16-6-5-14(12-19)11-17(16)20-9-7-15(8-10-20)18(2,3)4/h5-6,11,13,15,21H,7-10H2,1-4H3/t13-/m1/s1. The molecule has 2 rings (SSSR count). The summed E-state index contributed by atoms with van der Waals surface area (Å²) < 4.78 is 0. The van der Waals surface area contributed by atoms with E-state index in [9.17, 15) is 5.11 Å². The fraction of sp³-hybridized carbons (Fsp3) is 0.611. The number of piperidine rings is 1. The fourth-order valence-electron chi connectivity index (χ4n) is 3.23. The fourth-order valence-corrected chi connectivity index (χ4v) is 3.23. The summed E-state index contributed by atoms with van der Waals surface area (Å²) in [5.74, 6) is 0.739. The molecular formula is C18H26N2O. The van der Waals surface area contributed by atoms with Crippen LogP contribution in [-0.4, -0.2) is 18.2 Å². The first kappa shape index (κ1) is 15.9. The van der Waals surface area contributed by atoms with E-state index in [1.54, 1.807) is 13.0 Å². The predicted molar refractivity (Wildman–Crippen MR) is 86.2 cm³/mol. The first-order valence-corrected chi connectivity index (χ1v) is 7.80. The van der Waals surface area contributed by atoms with Crippen LogP contribution in [0.5, 0.6) is 0 Å². The molecule has 1 aromatic rings. The van der Waals surface area contributed by atoms with Gasteiger partial charge in [-0.25, -0.2) is 0 Å². The van der Waals surface area contributed by atoms with Gasteiger partial charge in [0, 0.05) is 24.3 Å². The number of anilines is 1. The van der Waals surface area contributed by atoms with Crippen LogP contribution in [0.2, 0.25) is 0 Å². The van der Waals surface area contributed by atoms with Crippen molar-refractivity contribution in [2.75, 3.05) is 18.0 Å². The summed E-state index contributed by atoms with van der Waals surface area (Å²) in [7, 11) is 0. The van der Waals surface area contributed by atoms with Crippen LogP contribution in [-0.2, 0) is 0 Å². The van der Waals surface area contributed by atoms with Gasteiger partial charge in [0.15, 0.2) is 0 Å². The van der Waals surface area contributed by atoms with Gasteiger partial charge in [-0.05, 0) is 43.2 Å². The largest absolute Gasteiger partial charge is 0.389 e. The van der Waals surface area contributed by atoms with Crippen molar-refractivity contribution in [3.63, 3.8) is 0 Å². The highest BCUT2D eigenvalue weighted by Crippen LogP contribution is 2.37. The highest BCUT2D eigenvalue weighted by molar-refractivity contribution is 5.58. The summed E-state index contributed by atoms with van der Waals surface area (Å²) in [4.78, 5) is 2.32. The van der Waals surface area contributed by atoms with Crippen LogP contribution in [0.15, 0.2) is 18.2 Å². The number of rotatable bonds is 2. The SMILES string of the molecule is C[C@@H](O)c1ccc(C#N)cc1N1CCC(C(C)(C)C)CC1. The Labute approximate surface area is 128 Å². The quantitative estimate of drug-likeness (QED) is 0.897. The Kier molecular flexibility index (Phi) is 4.58. The molecule has 3 nitrogen and oxygen atoms in total. The average Bonchev–Trinajstić information content (AvgIpc) is 2.45. The minimum absolute atomic E-state index is 0.355. The van der Waals surface area contributed by atoms with Gasteiger partial charge in [-0.1, -0.05) is 26.8 Å². The summed E-state index contributed by atoms with van der Waals surface area (Å²) in [6.07, 6.45) is 1.83. The molecule has 0 spiro atoms.